The van der Waals surface area contributed by atoms with E-state index >= 15 is 0 Å². The first kappa shape index (κ1) is 22.3. The highest BCUT2D eigenvalue weighted by Crippen LogP contribution is 2.29. The number of rotatable bonds is 6. The van der Waals surface area contributed by atoms with E-state index in [2.05, 4.69) is 10.1 Å². The van der Waals surface area contributed by atoms with Crippen molar-refractivity contribution in [1.82, 2.24) is 24.4 Å². The highest BCUT2D eigenvalue weighted by molar-refractivity contribution is 7.15. The van der Waals surface area contributed by atoms with Crippen molar-refractivity contribution in [2.75, 3.05) is 6.61 Å². The average Bonchev–Trinajstić information content (AvgIpc) is 3.68. The number of thiazole rings is 1. The molecule has 4 heterocycles. The monoisotopic (exact) mass is 515 g/mol. The van der Waals surface area contributed by atoms with E-state index < -0.39 is 5.82 Å². The van der Waals surface area contributed by atoms with Gasteiger partial charge < -0.3 is 4.74 Å². The van der Waals surface area contributed by atoms with Crippen LogP contribution < -0.4 is 14.8 Å². The molecule has 36 heavy (non-hydrogen) atoms. The molecule has 7 nitrogen and oxygen atoms in total. The molecule has 0 unspecified atom stereocenters. The molecule has 0 aliphatic heterocycles. The molecule has 0 atom stereocenters. The highest BCUT2D eigenvalue weighted by atomic mass is 32.1. The minimum Gasteiger partial charge on any atom is -0.491 e. The van der Waals surface area contributed by atoms with Crippen LogP contribution >= 0.6 is 22.7 Å². The lowest BCUT2D eigenvalue weighted by Gasteiger charge is -2.06. The molecule has 0 bridgehead atoms. The number of nitrogens with zero attached hydrogens (tertiary/aromatic N) is 5. The molecule has 0 spiro atoms. The molecule has 0 amide bonds. The second-order valence-corrected chi connectivity index (χ2v) is 9.77. The second-order valence-electron chi connectivity index (χ2n) is 7.81. The number of benzene rings is 2. The van der Waals surface area contributed by atoms with E-state index in [1.807, 2.05) is 54.0 Å². The Bertz CT molecular complexity index is 1790. The fourth-order valence-electron chi connectivity index (χ4n) is 3.84. The molecular weight excluding hydrogens is 497 g/mol. The minimum atomic E-state index is -0.473. The van der Waals surface area contributed by atoms with Gasteiger partial charge in [-0.15, -0.1) is 16.4 Å². The third kappa shape index (κ3) is 4.00. The van der Waals surface area contributed by atoms with E-state index in [4.69, 9.17) is 9.84 Å². The zero-order valence-electron chi connectivity index (χ0n) is 19.0. The molecule has 0 saturated heterocycles. The summed E-state index contributed by atoms with van der Waals surface area (Å²) in [6, 6.07) is 18.2. The van der Waals surface area contributed by atoms with Gasteiger partial charge in [0.25, 0.3) is 5.56 Å². The van der Waals surface area contributed by atoms with E-state index in [0.717, 1.165) is 10.6 Å². The summed E-state index contributed by atoms with van der Waals surface area (Å²) in [7, 11) is 0. The second kappa shape index (κ2) is 9.14. The lowest BCUT2D eigenvalue weighted by atomic mass is 10.1. The Hall–Kier alpha value is -4.15. The number of thiophene rings is 1. The lowest BCUT2D eigenvalue weighted by molar-refractivity contribution is 0.321. The molecule has 6 rings (SSSR count). The Kier molecular flexibility index (Phi) is 5.67. The van der Waals surface area contributed by atoms with Gasteiger partial charge in [0.15, 0.2) is 17.4 Å². The van der Waals surface area contributed by atoms with Crippen LogP contribution in [0.25, 0.3) is 38.7 Å². The van der Waals surface area contributed by atoms with Gasteiger partial charge >= 0.3 is 0 Å². The molecule has 4 aromatic heterocycles. The number of ether oxygens (including phenoxy) is 1. The van der Waals surface area contributed by atoms with E-state index in [1.165, 1.54) is 33.3 Å². The first-order chi connectivity index (χ1) is 17.6. The van der Waals surface area contributed by atoms with Gasteiger partial charge in [-0.25, -0.2) is 9.07 Å². The highest BCUT2D eigenvalue weighted by Gasteiger charge is 2.16. The zero-order chi connectivity index (χ0) is 24.6. The minimum absolute atomic E-state index is 0.184. The summed E-state index contributed by atoms with van der Waals surface area (Å²) in [5, 5.41) is 11.1. The van der Waals surface area contributed by atoms with Crippen LogP contribution in [0.2, 0.25) is 0 Å². The predicted molar refractivity (Wildman–Crippen MR) is 139 cm³/mol. The van der Waals surface area contributed by atoms with Crippen LogP contribution in [0.15, 0.2) is 77.0 Å². The maximum Gasteiger partial charge on any atom is 0.291 e. The summed E-state index contributed by atoms with van der Waals surface area (Å²) in [6.07, 6.45) is 3.58. The van der Waals surface area contributed by atoms with Gasteiger partial charge in [0.2, 0.25) is 4.96 Å². The van der Waals surface area contributed by atoms with Crippen molar-refractivity contribution in [3.63, 3.8) is 0 Å². The third-order valence-corrected chi connectivity index (χ3v) is 7.30. The molecular formula is C26H18FN5O2S2. The van der Waals surface area contributed by atoms with Crippen LogP contribution in [-0.2, 0) is 0 Å². The molecule has 0 fully saturated rings. The smallest absolute Gasteiger partial charge is 0.291 e. The Morgan fingerprint density at radius 3 is 2.67 bits per heavy atom. The standard InChI is InChI=1S/C26H18FN5O2S2/c1-2-34-20-11-10-16(13-19(20)27)23-17(15-31(29-23)18-7-4-3-5-8-18)14-22-25(33)32-26(36-22)28-24(30-32)21-9-6-12-35-21/h3-15H,2H2,1H3. The number of aromatic nitrogens is 5. The Labute approximate surface area is 212 Å². The van der Waals surface area contributed by atoms with E-state index in [1.54, 1.807) is 29.8 Å². The van der Waals surface area contributed by atoms with Gasteiger partial charge in [0.1, 0.15) is 5.69 Å². The van der Waals surface area contributed by atoms with E-state index in [0.29, 0.717) is 38.7 Å². The van der Waals surface area contributed by atoms with Crippen LogP contribution in [0, 0.1) is 5.82 Å². The molecule has 2 aromatic carbocycles. The Morgan fingerprint density at radius 1 is 1.08 bits per heavy atom. The van der Waals surface area contributed by atoms with Gasteiger partial charge in [0, 0.05) is 17.3 Å². The zero-order valence-corrected chi connectivity index (χ0v) is 20.6. The van der Waals surface area contributed by atoms with Crippen molar-refractivity contribution in [3.8, 4) is 33.4 Å². The molecule has 178 valence electrons. The first-order valence-corrected chi connectivity index (χ1v) is 12.8. The summed E-state index contributed by atoms with van der Waals surface area (Å²) in [4.78, 5) is 19.1. The summed E-state index contributed by atoms with van der Waals surface area (Å²) in [6.45, 7) is 2.17. The number of hydrogen-bond acceptors (Lipinski definition) is 7. The van der Waals surface area contributed by atoms with Gasteiger partial charge in [-0.1, -0.05) is 35.6 Å². The normalized spacial score (nSPS) is 12.0. The number of halogens is 1. The third-order valence-electron chi connectivity index (χ3n) is 5.48. The quantitative estimate of drug-likeness (QED) is 0.318. The Balaban J connectivity index is 1.49. The van der Waals surface area contributed by atoms with Crippen LogP contribution in [0.1, 0.15) is 12.5 Å². The van der Waals surface area contributed by atoms with Crippen LogP contribution in [0.4, 0.5) is 4.39 Å². The molecule has 0 radical (unpaired) electrons. The van der Waals surface area contributed by atoms with Crippen molar-refractivity contribution in [2.24, 2.45) is 0 Å². The average molecular weight is 516 g/mol. The topological polar surface area (TPSA) is 74.3 Å². The first-order valence-electron chi connectivity index (χ1n) is 11.1. The van der Waals surface area contributed by atoms with Gasteiger partial charge in [-0.05, 0) is 54.8 Å². The van der Waals surface area contributed by atoms with Gasteiger partial charge in [-0.3, -0.25) is 4.79 Å². The molecule has 10 heteroatoms. The van der Waals surface area contributed by atoms with Crippen molar-refractivity contribution >= 4 is 33.7 Å². The van der Waals surface area contributed by atoms with Crippen LogP contribution in [0.5, 0.6) is 5.75 Å². The molecule has 0 N–H and O–H groups in total. The summed E-state index contributed by atoms with van der Waals surface area (Å²) in [5.41, 5.74) is 2.36. The van der Waals surface area contributed by atoms with Crippen molar-refractivity contribution in [3.05, 3.63) is 98.5 Å². The van der Waals surface area contributed by atoms with Crippen LogP contribution in [-0.4, -0.2) is 31.0 Å². The maximum absolute atomic E-state index is 14.7. The maximum atomic E-state index is 14.7. The van der Waals surface area contributed by atoms with Crippen molar-refractivity contribution in [2.45, 2.75) is 6.92 Å². The van der Waals surface area contributed by atoms with Gasteiger partial charge in [-0.2, -0.15) is 14.6 Å². The molecule has 0 aliphatic rings. The SMILES string of the molecule is CCOc1ccc(-c2nn(-c3ccccc3)cc2C=c2sc3nc(-c4cccs4)nn3c2=O)cc1F. The van der Waals surface area contributed by atoms with Crippen molar-refractivity contribution in [1.29, 1.82) is 0 Å². The summed E-state index contributed by atoms with van der Waals surface area (Å²) >= 11 is 2.77. The van der Waals surface area contributed by atoms with Crippen LogP contribution in [0.3, 0.4) is 0 Å². The van der Waals surface area contributed by atoms with E-state index in [9.17, 15) is 9.18 Å². The van der Waals surface area contributed by atoms with Gasteiger partial charge in [0.05, 0.1) is 21.7 Å². The van der Waals surface area contributed by atoms with E-state index in [-0.39, 0.29) is 11.3 Å². The number of para-hydroxylation sites is 1. The fourth-order valence-corrected chi connectivity index (χ4v) is 5.39. The van der Waals surface area contributed by atoms with Crippen molar-refractivity contribution < 1.29 is 9.13 Å². The lowest BCUT2D eigenvalue weighted by Crippen LogP contribution is -2.23. The summed E-state index contributed by atoms with van der Waals surface area (Å²) < 4.78 is 23.5. The Morgan fingerprint density at radius 2 is 1.94 bits per heavy atom. The summed E-state index contributed by atoms with van der Waals surface area (Å²) in [5.74, 6) is 0.240. The molecule has 0 aliphatic carbocycles. The number of fused-ring (bicyclic) bond motifs is 1. The predicted octanol–water partition coefficient (Wildman–Crippen LogP) is 4.82. The molecule has 0 saturated carbocycles. The largest absolute Gasteiger partial charge is 0.491 e. The fraction of sp³-hybridized carbons (Fsp3) is 0.0769. The number of hydrogen-bond donors (Lipinski definition) is 0. The molecule has 6 aromatic rings.